The van der Waals surface area contributed by atoms with Crippen LogP contribution in [-0.2, 0) is 6.61 Å². The molecule has 40 heavy (non-hydrogen) atoms. The SMILES string of the molecule is O=c1c2ccccc2nc(-c2ccccc2)n1N=Cc1c(OCc2cccc([N+](=O)[O-])c2)ccc2ccccc12. The predicted octanol–water partition coefficient (Wildman–Crippen LogP) is 6.59. The first-order valence-electron chi connectivity index (χ1n) is 12.6. The lowest BCUT2D eigenvalue weighted by molar-refractivity contribution is -0.384. The van der Waals surface area contributed by atoms with Crippen LogP contribution in [0.2, 0.25) is 0 Å². The number of nitro groups is 1. The predicted molar refractivity (Wildman–Crippen MR) is 156 cm³/mol. The van der Waals surface area contributed by atoms with E-state index in [2.05, 4.69) is 5.10 Å². The number of hydrogen-bond acceptors (Lipinski definition) is 6. The molecule has 8 heteroatoms. The third-order valence-electron chi connectivity index (χ3n) is 6.53. The van der Waals surface area contributed by atoms with Gasteiger partial charge in [-0.2, -0.15) is 9.78 Å². The molecule has 1 aromatic heterocycles. The first-order valence-corrected chi connectivity index (χ1v) is 12.6. The van der Waals surface area contributed by atoms with Gasteiger partial charge in [0.05, 0.1) is 22.0 Å². The van der Waals surface area contributed by atoms with Gasteiger partial charge in [0.1, 0.15) is 12.4 Å². The second-order valence-electron chi connectivity index (χ2n) is 9.09. The number of ether oxygens (including phenoxy) is 1. The van der Waals surface area contributed by atoms with Crippen LogP contribution in [-0.4, -0.2) is 20.8 Å². The van der Waals surface area contributed by atoms with Gasteiger partial charge in [-0.05, 0) is 34.5 Å². The average molecular weight is 527 g/mol. The summed E-state index contributed by atoms with van der Waals surface area (Å²) in [5.74, 6) is 0.942. The minimum absolute atomic E-state index is 0.00184. The highest BCUT2D eigenvalue weighted by Crippen LogP contribution is 2.28. The average Bonchev–Trinajstić information content (AvgIpc) is 3.00. The summed E-state index contributed by atoms with van der Waals surface area (Å²) in [5, 5.41) is 18.2. The molecule has 0 saturated carbocycles. The van der Waals surface area contributed by atoms with Crippen molar-refractivity contribution >= 4 is 33.6 Å². The number of para-hydroxylation sites is 1. The van der Waals surface area contributed by atoms with Crippen molar-refractivity contribution in [3.63, 3.8) is 0 Å². The number of nitro benzene ring substituents is 1. The van der Waals surface area contributed by atoms with E-state index in [1.165, 1.54) is 16.8 Å². The van der Waals surface area contributed by atoms with Crippen LogP contribution in [0.4, 0.5) is 5.69 Å². The van der Waals surface area contributed by atoms with Gasteiger partial charge in [-0.1, -0.05) is 84.9 Å². The summed E-state index contributed by atoms with van der Waals surface area (Å²) >= 11 is 0. The lowest BCUT2D eigenvalue weighted by Crippen LogP contribution is -2.20. The summed E-state index contributed by atoms with van der Waals surface area (Å²) in [6, 6.07) is 34.5. The van der Waals surface area contributed by atoms with Gasteiger partial charge < -0.3 is 4.74 Å². The van der Waals surface area contributed by atoms with Crippen molar-refractivity contribution in [2.45, 2.75) is 6.61 Å². The lowest BCUT2D eigenvalue weighted by atomic mass is 10.0. The zero-order valence-electron chi connectivity index (χ0n) is 21.2. The number of rotatable bonds is 7. The highest BCUT2D eigenvalue weighted by atomic mass is 16.6. The Kier molecular flexibility index (Phi) is 6.56. The number of benzene rings is 5. The standard InChI is InChI=1S/C32H22N4O4/c37-32-27-15-6-7-16-29(27)34-31(24-11-2-1-3-12-24)35(32)33-20-28-26-14-5-4-10-23(26)17-18-30(28)40-21-22-9-8-13-25(19-22)36(38)39/h1-20H,21H2. The molecule has 0 unspecified atom stereocenters. The molecule has 0 aliphatic carbocycles. The van der Waals surface area contributed by atoms with Crippen LogP contribution in [0.25, 0.3) is 33.1 Å². The smallest absolute Gasteiger partial charge is 0.282 e. The summed E-state index contributed by atoms with van der Waals surface area (Å²) in [6.45, 7) is 0.119. The molecular formula is C32H22N4O4. The van der Waals surface area contributed by atoms with E-state index in [0.29, 0.717) is 33.6 Å². The van der Waals surface area contributed by atoms with Crippen LogP contribution in [0.5, 0.6) is 5.75 Å². The molecule has 6 aromatic rings. The van der Waals surface area contributed by atoms with Crippen molar-refractivity contribution in [2.75, 3.05) is 0 Å². The highest BCUT2D eigenvalue weighted by molar-refractivity contribution is 6.02. The highest BCUT2D eigenvalue weighted by Gasteiger charge is 2.14. The quantitative estimate of drug-likeness (QED) is 0.133. The van der Waals surface area contributed by atoms with Crippen LogP contribution >= 0.6 is 0 Å². The molecule has 0 atom stereocenters. The first kappa shape index (κ1) is 24.7. The molecule has 6 rings (SSSR count). The third-order valence-corrected chi connectivity index (χ3v) is 6.53. The third kappa shape index (κ3) is 4.81. The maximum atomic E-state index is 13.6. The number of fused-ring (bicyclic) bond motifs is 2. The van der Waals surface area contributed by atoms with Crippen LogP contribution in [0, 0.1) is 10.1 Å². The molecular weight excluding hydrogens is 504 g/mol. The van der Waals surface area contributed by atoms with Crippen LogP contribution in [0.15, 0.2) is 125 Å². The zero-order valence-corrected chi connectivity index (χ0v) is 21.2. The van der Waals surface area contributed by atoms with Gasteiger partial charge in [-0.15, -0.1) is 0 Å². The van der Waals surface area contributed by atoms with Crippen molar-refractivity contribution in [1.82, 2.24) is 9.66 Å². The molecule has 8 nitrogen and oxygen atoms in total. The second-order valence-corrected chi connectivity index (χ2v) is 9.09. The van der Waals surface area contributed by atoms with Crippen molar-refractivity contribution in [1.29, 1.82) is 0 Å². The Hall–Kier alpha value is -5.63. The molecule has 1 heterocycles. The van der Waals surface area contributed by atoms with E-state index < -0.39 is 4.92 Å². The molecule has 0 saturated heterocycles. The summed E-state index contributed by atoms with van der Waals surface area (Å²) in [7, 11) is 0. The molecule has 0 fully saturated rings. The molecule has 0 amide bonds. The summed E-state index contributed by atoms with van der Waals surface area (Å²) in [4.78, 5) is 29.1. The van der Waals surface area contributed by atoms with E-state index in [4.69, 9.17) is 9.72 Å². The largest absolute Gasteiger partial charge is 0.488 e. The van der Waals surface area contributed by atoms with Crippen molar-refractivity contribution < 1.29 is 9.66 Å². The Bertz CT molecular complexity index is 1970. The zero-order chi connectivity index (χ0) is 27.5. The Labute approximate surface area is 228 Å². The van der Waals surface area contributed by atoms with E-state index in [-0.39, 0.29) is 17.9 Å². The molecule has 194 valence electrons. The fourth-order valence-corrected chi connectivity index (χ4v) is 4.58. The fraction of sp³-hybridized carbons (Fsp3) is 0.0312. The van der Waals surface area contributed by atoms with Crippen molar-refractivity contribution in [3.05, 3.63) is 147 Å². The van der Waals surface area contributed by atoms with Gasteiger partial charge in [-0.25, -0.2) is 4.98 Å². The number of aromatic nitrogens is 2. The van der Waals surface area contributed by atoms with Crippen molar-refractivity contribution in [2.24, 2.45) is 5.10 Å². The van der Waals surface area contributed by atoms with Crippen LogP contribution in [0.1, 0.15) is 11.1 Å². The molecule has 0 aliphatic rings. The molecule has 5 aromatic carbocycles. The number of nitrogens with zero attached hydrogens (tertiary/aromatic N) is 4. The Morgan fingerprint density at radius 2 is 1.60 bits per heavy atom. The van der Waals surface area contributed by atoms with Crippen LogP contribution < -0.4 is 10.3 Å². The van der Waals surface area contributed by atoms with Gasteiger partial charge in [0.2, 0.25) is 0 Å². The number of hydrogen-bond donors (Lipinski definition) is 0. The van der Waals surface area contributed by atoms with Gasteiger partial charge in [0.25, 0.3) is 11.2 Å². The maximum absolute atomic E-state index is 13.6. The van der Waals surface area contributed by atoms with Crippen LogP contribution in [0.3, 0.4) is 0 Å². The van der Waals surface area contributed by atoms with E-state index in [1.807, 2.05) is 78.9 Å². The summed E-state index contributed by atoms with van der Waals surface area (Å²) in [5.41, 5.74) is 2.37. The van der Waals surface area contributed by atoms with E-state index in [1.54, 1.807) is 30.5 Å². The van der Waals surface area contributed by atoms with Gasteiger partial charge in [0.15, 0.2) is 5.82 Å². The summed E-state index contributed by atoms with van der Waals surface area (Å²) < 4.78 is 7.46. The Morgan fingerprint density at radius 1 is 0.850 bits per heavy atom. The van der Waals surface area contributed by atoms with Gasteiger partial charge in [0, 0.05) is 23.3 Å². The molecule has 0 aliphatic heterocycles. The Morgan fingerprint density at radius 3 is 2.42 bits per heavy atom. The van der Waals surface area contributed by atoms with E-state index in [0.717, 1.165) is 16.3 Å². The summed E-state index contributed by atoms with van der Waals surface area (Å²) in [6.07, 6.45) is 1.61. The minimum Gasteiger partial charge on any atom is -0.488 e. The Balaban J connectivity index is 1.47. The normalized spacial score (nSPS) is 11.3. The molecule has 0 N–H and O–H groups in total. The van der Waals surface area contributed by atoms with E-state index in [9.17, 15) is 14.9 Å². The molecule has 0 spiro atoms. The topological polar surface area (TPSA) is 99.6 Å². The van der Waals surface area contributed by atoms with Crippen molar-refractivity contribution in [3.8, 4) is 17.1 Å². The van der Waals surface area contributed by atoms with Gasteiger partial charge >= 0.3 is 0 Å². The lowest BCUT2D eigenvalue weighted by Gasteiger charge is -2.13. The van der Waals surface area contributed by atoms with E-state index >= 15 is 0 Å². The molecule has 0 radical (unpaired) electrons. The second kappa shape index (κ2) is 10.6. The maximum Gasteiger partial charge on any atom is 0.282 e. The minimum atomic E-state index is -0.433. The monoisotopic (exact) mass is 526 g/mol. The van der Waals surface area contributed by atoms with Gasteiger partial charge in [-0.3, -0.25) is 14.9 Å². The first-order chi connectivity index (χ1) is 19.6. The fourth-order valence-electron chi connectivity index (χ4n) is 4.58. The number of non-ortho nitro benzene ring substituents is 1. The molecule has 0 bridgehead atoms.